The molecule has 19 nitrogen and oxygen atoms in total. The Morgan fingerprint density at radius 3 is 2.28 bits per heavy atom. The van der Waals surface area contributed by atoms with Gasteiger partial charge in [-0.3, -0.25) is 29.0 Å². The lowest BCUT2D eigenvalue weighted by molar-refractivity contribution is -0.143. The van der Waals surface area contributed by atoms with Crippen molar-refractivity contribution in [2.24, 2.45) is 28.3 Å². The fourth-order valence-corrected chi connectivity index (χ4v) is 7.24. The number of nitrogens with two attached hydrogens (primary N) is 2. The number of nitrogens with one attached hydrogen (secondary N) is 7. The van der Waals surface area contributed by atoms with Crippen LogP contribution in [0.1, 0.15) is 85.1 Å². The van der Waals surface area contributed by atoms with Crippen molar-refractivity contribution in [3.8, 4) is 0 Å². The first kappa shape index (κ1) is 49.0. The molecule has 2 aromatic rings. The maximum Gasteiger partial charge on any atom is 0.326 e. The molecule has 0 saturated carbocycles. The number of H-pyrrole nitrogens is 1. The van der Waals surface area contributed by atoms with Crippen LogP contribution in [0.4, 0.5) is 4.79 Å². The molecule has 20 heteroatoms. The number of hydrogen-bond donors (Lipinski definition) is 10. The third-order valence-electron chi connectivity index (χ3n) is 10.1. The van der Waals surface area contributed by atoms with Crippen LogP contribution < -0.4 is 43.4 Å². The number of aromatic amines is 1. The Bertz CT molecular complexity index is 1860. The molecule has 0 unspecified atom stereocenters. The van der Waals surface area contributed by atoms with Crippen LogP contribution in [0.3, 0.4) is 0 Å². The van der Waals surface area contributed by atoms with Crippen molar-refractivity contribution in [1.29, 1.82) is 0 Å². The number of carboxylic acid groups (broad SMARTS) is 1. The summed E-state index contributed by atoms with van der Waals surface area (Å²) in [7, 11) is 1.50. The topological polar surface area (TPSA) is 295 Å². The number of halogens is 1. The number of fused-ring (bicyclic) bond motifs is 1. The largest absolute Gasteiger partial charge is 0.480 e. The van der Waals surface area contributed by atoms with Gasteiger partial charge in [0.1, 0.15) is 36.3 Å². The van der Waals surface area contributed by atoms with Gasteiger partial charge in [0.15, 0.2) is 5.96 Å². The molecule has 12 N–H and O–H groups in total. The van der Waals surface area contributed by atoms with Gasteiger partial charge in [0.05, 0.1) is 0 Å². The molecule has 332 valence electrons. The van der Waals surface area contributed by atoms with E-state index in [0.29, 0.717) is 12.8 Å². The van der Waals surface area contributed by atoms with Gasteiger partial charge in [0, 0.05) is 48.1 Å². The van der Waals surface area contributed by atoms with E-state index in [9.17, 15) is 38.7 Å². The first-order chi connectivity index (χ1) is 28.3. The number of aliphatic imine (C=N–C) groups is 1. The van der Waals surface area contributed by atoms with Crippen LogP contribution in [-0.2, 0) is 35.2 Å². The van der Waals surface area contributed by atoms with E-state index >= 15 is 0 Å². The van der Waals surface area contributed by atoms with E-state index in [4.69, 9.17) is 11.5 Å². The van der Waals surface area contributed by atoms with Crippen molar-refractivity contribution in [2.75, 3.05) is 20.1 Å². The fourth-order valence-electron chi connectivity index (χ4n) is 6.88. The molecule has 1 saturated heterocycles. The highest BCUT2D eigenvalue weighted by Crippen LogP contribution is 2.24. The second-order valence-electron chi connectivity index (χ2n) is 16.1. The highest BCUT2D eigenvalue weighted by Gasteiger charge is 2.36. The average Bonchev–Trinajstić information content (AvgIpc) is 3.56. The molecule has 60 heavy (non-hydrogen) atoms. The summed E-state index contributed by atoms with van der Waals surface area (Å²) in [6, 6.07) is -2.06. The molecule has 0 radical (unpaired) electrons. The predicted molar refractivity (Wildman–Crippen MR) is 230 cm³/mol. The molecule has 0 spiro atoms. The summed E-state index contributed by atoms with van der Waals surface area (Å²) in [5.41, 5.74) is 12.3. The number of rotatable bonds is 13. The summed E-state index contributed by atoms with van der Waals surface area (Å²) < 4.78 is 0.864. The van der Waals surface area contributed by atoms with E-state index in [2.05, 4.69) is 57.8 Å². The number of amides is 7. The zero-order valence-corrected chi connectivity index (χ0v) is 36.8. The Labute approximate surface area is 358 Å². The van der Waals surface area contributed by atoms with Gasteiger partial charge >= 0.3 is 12.0 Å². The molecular weight excluding hydrogens is 842 g/mol. The number of carbonyl (C=O) groups excluding carboxylic acids is 6. The number of guanidine groups is 1. The summed E-state index contributed by atoms with van der Waals surface area (Å²) in [5.74, 6) is -4.46. The molecule has 1 fully saturated rings. The van der Waals surface area contributed by atoms with Gasteiger partial charge in [-0.2, -0.15) is 0 Å². The van der Waals surface area contributed by atoms with Crippen molar-refractivity contribution in [1.82, 2.24) is 41.8 Å². The number of carboxylic acids is 1. The van der Waals surface area contributed by atoms with Crippen LogP contribution in [-0.4, -0.2) is 119 Å². The zero-order chi connectivity index (χ0) is 44.7. The molecule has 2 heterocycles. The van der Waals surface area contributed by atoms with Crippen LogP contribution >= 0.6 is 15.9 Å². The quantitative estimate of drug-likeness (QED) is 0.0782. The van der Waals surface area contributed by atoms with Gasteiger partial charge in [-0.15, -0.1) is 0 Å². The summed E-state index contributed by atoms with van der Waals surface area (Å²) >= 11 is 3.48. The number of benzene rings is 1. The zero-order valence-electron chi connectivity index (χ0n) is 35.2. The molecule has 3 rings (SSSR count). The standard InChI is InChI=1S/C40H62BrN11O8/c1-21(2)16-31-37(57)52(6)32(17-22(3)4)36(56)48-30(18-24-20-46-29-19-25(41)12-13-26(24)29)34(54)44-14-8-7-10-27(35(55)47-23(5)33(53)49-31)50-40(60)51-28(38(58)59)11-9-15-45-39(42)43/h12-13,19-23,27-28,30-32,46H,7-11,14-18H2,1-6H3,(H,44,54)(H,47,55)(H,48,56)(H,49,53)(H,58,59)(H4,42,43,45)(H2,50,51,60)/t23-,27+,28-,30-,31-,32-/m0/s1. The second kappa shape index (κ2) is 23.4. The maximum atomic E-state index is 14.2. The highest BCUT2D eigenvalue weighted by atomic mass is 79.9. The first-order valence-electron chi connectivity index (χ1n) is 20.3. The van der Waals surface area contributed by atoms with Crippen molar-refractivity contribution in [2.45, 2.75) is 122 Å². The van der Waals surface area contributed by atoms with Gasteiger partial charge in [0.2, 0.25) is 29.5 Å². The Morgan fingerprint density at radius 1 is 0.950 bits per heavy atom. The molecule has 6 atom stereocenters. The van der Waals surface area contributed by atoms with E-state index in [1.54, 1.807) is 6.20 Å². The Kier molecular flexibility index (Phi) is 19.1. The molecule has 0 bridgehead atoms. The van der Waals surface area contributed by atoms with E-state index in [-0.39, 0.29) is 69.4 Å². The maximum absolute atomic E-state index is 14.2. The van der Waals surface area contributed by atoms with Gasteiger partial charge in [-0.1, -0.05) is 49.7 Å². The van der Waals surface area contributed by atoms with Crippen LogP contribution in [0.25, 0.3) is 10.9 Å². The van der Waals surface area contributed by atoms with Crippen LogP contribution in [0.5, 0.6) is 0 Å². The smallest absolute Gasteiger partial charge is 0.326 e. The van der Waals surface area contributed by atoms with Gasteiger partial charge < -0.3 is 58.4 Å². The number of aromatic nitrogens is 1. The van der Waals surface area contributed by atoms with Crippen LogP contribution in [0, 0.1) is 11.8 Å². The lowest BCUT2D eigenvalue weighted by Gasteiger charge is -2.33. The number of carbonyl (C=O) groups is 7. The van der Waals surface area contributed by atoms with E-state index in [0.717, 1.165) is 20.9 Å². The summed E-state index contributed by atoms with van der Waals surface area (Å²) in [5, 5.41) is 26.7. The molecule has 1 aliphatic rings. The summed E-state index contributed by atoms with van der Waals surface area (Å²) in [4.78, 5) is 103. The number of hydrogen-bond acceptors (Lipinski definition) is 8. The Hall–Kier alpha value is -5.40. The fraction of sp³-hybridized carbons (Fsp3) is 0.600. The van der Waals surface area contributed by atoms with Crippen molar-refractivity contribution >= 4 is 74.3 Å². The second-order valence-corrected chi connectivity index (χ2v) is 17.0. The summed E-state index contributed by atoms with van der Waals surface area (Å²) in [6.45, 7) is 9.31. The van der Waals surface area contributed by atoms with Gasteiger partial charge in [-0.25, -0.2) is 9.59 Å². The molecule has 1 aromatic heterocycles. The SMILES string of the molecule is CC(C)C[C@@H]1NC(=O)[C@H](C)NC(=O)[C@H](NC(=O)N[C@@H](CCCN=C(N)N)C(=O)O)CCCCNC(=O)[C@H](Cc2c[nH]c3cc(Br)ccc23)NC(=O)[C@H](CC(C)C)N(C)C1=O. The minimum absolute atomic E-state index is 0.00347. The predicted octanol–water partition coefficient (Wildman–Crippen LogP) is 1.34. The molecule has 0 aliphatic carbocycles. The summed E-state index contributed by atoms with van der Waals surface area (Å²) in [6.07, 6.45) is 3.34. The van der Waals surface area contributed by atoms with Crippen molar-refractivity contribution in [3.63, 3.8) is 0 Å². The third-order valence-corrected chi connectivity index (χ3v) is 10.6. The van der Waals surface area contributed by atoms with E-state index in [1.807, 2.05) is 45.9 Å². The van der Waals surface area contributed by atoms with Crippen molar-refractivity contribution < 1.29 is 38.7 Å². The molecule has 1 aliphatic heterocycles. The lowest BCUT2D eigenvalue weighted by atomic mass is 9.97. The van der Waals surface area contributed by atoms with Crippen LogP contribution in [0.15, 0.2) is 33.9 Å². The lowest BCUT2D eigenvalue weighted by Crippen LogP contribution is -2.59. The van der Waals surface area contributed by atoms with Crippen LogP contribution in [0.2, 0.25) is 0 Å². The number of urea groups is 1. The number of aliphatic carboxylic acids is 1. The van der Waals surface area contributed by atoms with Gasteiger partial charge in [0.25, 0.3) is 0 Å². The molecule has 7 amide bonds. The van der Waals surface area contributed by atoms with E-state index < -0.39 is 77.8 Å². The highest BCUT2D eigenvalue weighted by molar-refractivity contribution is 9.10. The Morgan fingerprint density at radius 2 is 1.63 bits per heavy atom. The number of likely N-dealkylation sites (N-methyl/N-ethyl adjacent to an activating group) is 1. The third kappa shape index (κ3) is 15.3. The van der Waals surface area contributed by atoms with Crippen molar-refractivity contribution in [3.05, 3.63) is 34.4 Å². The van der Waals surface area contributed by atoms with Gasteiger partial charge in [-0.05, 0) is 81.4 Å². The molecular formula is C40H62BrN11O8. The first-order valence-corrected chi connectivity index (χ1v) is 21.1. The molecule has 1 aromatic carbocycles. The normalized spacial score (nSPS) is 22.1. The average molecular weight is 905 g/mol. The number of nitrogens with zero attached hydrogens (tertiary/aromatic N) is 2. The Balaban J connectivity index is 1.95. The minimum atomic E-state index is -1.32. The van der Waals surface area contributed by atoms with E-state index in [1.165, 1.54) is 18.9 Å². The minimum Gasteiger partial charge on any atom is -0.480 e. The monoisotopic (exact) mass is 903 g/mol.